The van der Waals surface area contributed by atoms with E-state index in [0.717, 1.165) is 28.8 Å². The Balaban J connectivity index is 1.80. The van der Waals surface area contributed by atoms with Gasteiger partial charge < -0.3 is 15.2 Å². The average molecular weight is 584 g/mol. The van der Waals surface area contributed by atoms with Crippen molar-refractivity contribution >= 4 is 23.8 Å². The molecule has 10 heteroatoms. The minimum Gasteiger partial charge on any atom is -0.453 e. The normalized spacial score (nSPS) is 17.4. The molecule has 1 aromatic heterocycles. The van der Waals surface area contributed by atoms with Crippen LogP contribution in [0.3, 0.4) is 0 Å². The number of methoxy groups -OCH3 is 1. The number of hydrogen-bond acceptors (Lipinski definition) is 7. The summed E-state index contributed by atoms with van der Waals surface area (Å²) in [4.78, 5) is 32.6. The van der Waals surface area contributed by atoms with E-state index in [1.165, 1.54) is 7.11 Å². The fourth-order valence-corrected chi connectivity index (χ4v) is 4.76. The number of aliphatic hydroxyl groups excluding tert-OH is 1. The monoisotopic (exact) mass is 583 g/mol. The number of rotatable bonds is 12. The highest BCUT2D eigenvalue weighted by Crippen LogP contribution is 2.23. The van der Waals surface area contributed by atoms with Gasteiger partial charge in [0.15, 0.2) is 0 Å². The Kier molecular flexibility index (Phi) is 11.9. The van der Waals surface area contributed by atoms with Gasteiger partial charge in [-0.3, -0.25) is 15.2 Å². The van der Waals surface area contributed by atoms with E-state index in [1.54, 1.807) is 11.2 Å². The summed E-state index contributed by atoms with van der Waals surface area (Å²) in [5.41, 5.74) is 6.14. The lowest BCUT2D eigenvalue weighted by Gasteiger charge is -2.34. The topological polar surface area (TPSA) is 116 Å². The van der Waals surface area contributed by atoms with E-state index >= 15 is 0 Å². The number of hydrogen-bond donors (Lipinski definition) is 4. The summed E-state index contributed by atoms with van der Waals surface area (Å²) in [7, 11) is 1.25. The van der Waals surface area contributed by atoms with E-state index in [-0.39, 0.29) is 6.54 Å². The largest absolute Gasteiger partial charge is 0.453 e. The number of nitrogens with zero attached hydrogens (tertiary/aromatic N) is 2. The van der Waals surface area contributed by atoms with Crippen LogP contribution in [-0.4, -0.2) is 58.9 Å². The lowest BCUT2D eigenvalue weighted by atomic mass is 9.86. The molecule has 1 aliphatic rings. The second kappa shape index (κ2) is 15.1. The smallest absolute Gasteiger partial charge is 0.407 e. The van der Waals surface area contributed by atoms with Crippen LogP contribution < -0.4 is 15.6 Å². The number of ether oxygens (including phenoxy) is 1. The third kappa shape index (κ3) is 9.97. The molecule has 222 valence electrons. The molecule has 1 aromatic carbocycles. The Labute approximate surface area is 248 Å². The number of alkyl carbamates (subject to hydrolysis) is 1. The van der Waals surface area contributed by atoms with Gasteiger partial charge in [0.25, 0.3) is 5.91 Å². The number of allylic oxidation sites excluding steroid dienone is 3. The van der Waals surface area contributed by atoms with Gasteiger partial charge in [-0.1, -0.05) is 81.8 Å². The number of carbonyl (C=O) groups is 2. The van der Waals surface area contributed by atoms with E-state index < -0.39 is 35.6 Å². The van der Waals surface area contributed by atoms with Gasteiger partial charge in [-0.05, 0) is 53.6 Å². The molecule has 41 heavy (non-hydrogen) atoms. The Morgan fingerprint density at radius 2 is 1.93 bits per heavy atom. The fourth-order valence-electron chi connectivity index (χ4n) is 4.53. The van der Waals surface area contributed by atoms with E-state index in [2.05, 4.69) is 45.7 Å². The van der Waals surface area contributed by atoms with Gasteiger partial charge in [-0.25, -0.2) is 14.6 Å². The summed E-state index contributed by atoms with van der Waals surface area (Å²) in [5.74, 6) is 0.0534. The molecule has 2 amide bonds. The number of benzene rings is 1. The molecule has 0 spiro atoms. The predicted molar refractivity (Wildman–Crippen MR) is 161 cm³/mol. The minimum absolute atomic E-state index is 0.0839. The maximum atomic E-state index is 13.5. The lowest BCUT2D eigenvalue weighted by molar-refractivity contribution is -0.131. The number of halogens is 1. The van der Waals surface area contributed by atoms with Crippen LogP contribution in [0.15, 0.2) is 72.5 Å². The third-order valence-electron chi connectivity index (χ3n) is 6.99. The van der Waals surface area contributed by atoms with Crippen LogP contribution in [-0.2, 0) is 16.1 Å². The number of carbonyl (C=O) groups excluding carboxylic acids is 2. The van der Waals surface area contributed by atoms with Crippen molar-refractivity contribution in [2.45, 2.75) is 65.3 Å². The Morgan fingerprint density at radius 3 is 2.49 bits per heavy atom. The SMILES string of the molecule is COC(=O)N[C@H](C(=O)NN(Cc1ccc(-c2ccccn2)cc1)C[C@H](O)[C@H](CC1=CC[C@H](C)C=C1)NCl)C(C)(C)C. The molecule has 1 aliphatic carbocycles. The number of amides is 2. The molecule has 3 rings (SSSR count). The summed E-state index contributed by atoms with van der Waals surface area (Å²) in [6.07, 6.45) is 7.97. The van der Waals surface area contributed by atoms with Crippen molar-refractivity contribution in [2.75, 3.05) is 13.7 Å². The van der Waals surface area contributed by atoms with Crippen molar-refractivity contribution in [3.63, 3.8) is 0 Å². The summed E-state index contributed by atoms with van der Waals surface area (Å²) in [6.45, 7) is 8.09. The van der Waals surface area contributed by atoms with Crippen LogP contribution in [0.1, 0.15) is 46.1 Å². The highest BCUT2D eigenvalue weighted by molar-refractivity contribution is 6.13. The third-order valence-corrected chi connectivity index (χ3v) is 7.27. The second-order valence-corrected chi connectivity index (χ2v) is 11.8. The maximum absolute atomic E-state index is 13.5. The molecule has 0 radical (unpaired) electrons. The molecule has 0 unspecified atom stereocenters. The molecule has 0 fully saturated rings. The zero-order chi connectivity index (χ0) is 30.0. The molecule has 2 aromatic rings. The molecule has 1 heterocycles. The number of aliphatic hydroxyl groups is 1. The highest BCUT2D eigenvalue weighted by atomic mass is 35.5. The van der Waals surface area contributed by atoms with E-state index in [1.807, 2.05) is 63.2 Å². The van der Waals surface area contributed by atoms with Gasteiger partial charge in [0.05, 0.1) is 24.9 Å². The van der Waals surface area contributed by atoms with Crippen LogP contribution in [0, 0.1) is 11.3 Å². The van der Waals surface area contributed by atoms with Crippen molar-refractivity contribution in [1.29, 1.82) is 0 Å². The van der Waals surface area contributed by atoms with Gasteiger partial charge in [-0.15, -0.1) is 0 Å². The highest BCUT2D eigenvalue weighted by Gasteiger charge is 2.34. The summed E-state index contributed by atoms with van der Waals surface area (Å²) < 4.78 is 4.74. The molecule has 4 atom stereocenters. The van der Waals surface area contributed by atoms with Gasteiger partial charge in [0, 0.05) is 24.8 Å². The zero-order valence-corrected chi connectivity index (χ0v) is 25.2. The molecule has 0 saturated carbocycles. The average Bonchev–Trinajstić information content (AvgIpc) is 2.95. The first kappa shape index (κ1) is 32.3. The standard InChI is InChI=1S/C31H42ClN5O4/c1-21-9-11-22(12-10-21)18-26(35-32)27(38)20-37(36-29(39)28(31(2,3)4)34-30(40)41-5)19-23-13-15-24(16-14-23)25-8-6-7-17-33-25/h6-9,11-17,21,26-28,35,38H,10,18-20H2,1-5H3,(H,34,40)(H,36,39)/t21-,26+,27+,28-/m1/s1. The van der Waals surface area contributed by atoms with Gasteiger partial charge >= 0.3 is 6.09 Å². The van der Waals surface area contributed by atoms with Crippen molar-refractivity contribution < 1.29 is 19.4 Å². The van der Waals surface area contributed by atoms with Crippen molar-refractivity contribution in [3.8, 4) is 11.3 Å². The van der Waals surface area contributed by atoms with Crippen LogP contribution >= 0.6 is 11.8 Å². The maximum Gasteiger partial charge on any atom is 0.407 e. The number of pyridine rings is 1. The number of hydrazine groups is 1. The Bertz CT molecular complexity index is 1200. The zero-order valence-electron chi connectivity index (χ0n) is 24.4. The lowest BCUT2D eigenvalue weighted by Crippen LogP contribution is -2.58. The van der Waals surface area contributed by atoms with E-state index in [0.29, 0.717) is 18.9 Å². The molecular weight excluding hydrogens is 542 g/mol. The Morgan fingerprint density at radius 1 is 1.20 bits per heavy atom. The second-order valence-electron chi connectivity index (χ2n) is 11.5. The fraction of sp³-hybridized carbons (Fsp3) is 0.452. The molecule has 9 nitrogen and oxygen atoms in total. The minimum atomic E-state index is -0.920. The number of nitrogens with one attached hydrogen (secondary N) is 3. The first-order valence-electron chi connectivity index (χ1n) is 13.8. The summed E-state index contributed by atoms with van der Waals surface area (Å²) >= 11 is 6.08. The van der Waals surface area contributed by atoms with Gasteiger partial charge in [-0.2, -0.15) is 0 Å². The van der Waals surface area contributed by atoms with Crippen LogP contribution in [0.4, 0.5) is 4.79 Å². The summed E-state index contributed by atoms with van der Waals surface area (Å²) in [6, 6.07) is 12.3. The number of aromatic nitrogens is 1. The summed E-state index contributed by atoms with van der Waals surface area (Å²) in [5, 5.41) is 15.5. The first-order valence-corrected chi connectivity index (χ1v) is 14.2. The molecule has 0 bridgehead atoms. The molecule has 0 aliphatic heterocycles. The van der Waals surface area contributed by atoms with Crippen molar-refractivity contribution in [3.05, 3.63) is 78.0 Å². The van der Waals surface area contributed by atoms with Crippen LogP contribution in [0.5, 0.6) is 0 Å². The van der Waals surface area contributed by atoms with Gasteiger partial charge in [0.1, 0.15) is 6.04 Å². The van der Waals surface area contributed by atoms with Crippen LogP contribution in [0.2, 0.25) is 0 Å². The quantitative estimate of drug-likeness (QED) is 0.211. The van der Waals surface area contributed by atoms with Crippen molar-refractivity contribution in [1.82, 2.24) is 25.6 Å². The van der Waals surface area contributed by atoms with Gasteiger partial charge in [0.2, 0.25) is 0 Å². The Hall–Kier alpha value is -3.24. The van der Waals surface area contributed by atoms with Crippen LogP contribution in [0.25, 0.3) is 11.3 Å². The molecule has 4 N–H and O–H groups in total. The van der Waals surface area contributed by atoms with E-state index in [9.17, 15) is 14.7 Å². The molecule has 0 saturated heterocycles. The molecular formula is C31H42ClN5O4. The predicted octanol–water partition coefficient (Wildman–Crippen LogP) is 4.74. The van der Waals surface area contributed by atoms with Crippen molar-refractivity contribution in [2.24, 2.45) is 11.3 Å². The van der Waals surface area contributed by atoms with E-state index in [4.69, 9.17) is 16.5 Å². The first-order chi connectivity index (χ1) is 19.5.